The molecule has 3 nitrogen and oxygen atoms in total. The molecule has 0 aliphatic heterocycles. The summed E-state index contributed by atoms with van der Waals surface area (Å²) in [5.74, 6) is -0.0387. The lowest BCUT2D eigenvalue weighted by molar-refractivity contribution is 0.0941. The first-order valence-corrected chi connectivity index (χ1v) is 7.06. The van der Waals surface area contributed by atoms with Gasteiger partial charge in [0.2, 0.25) is 0 Å². The molecule has 0 saturated carbocycles. The molecule has 1 amide bonds. The molecule has 0 fully saturated rings. The molecule has 3 rings (SSSR count). The SMILES string of the molecule is C[C@@H](NC(=O)c1cn(C)c2ccccc12)c1ccccc1. The fourth-order valence-electron chi connectivity index (χ4n) is 2.62. The van der Waals surface area contributed by atoms with Crippen LogP contribution in [0.4, 0.5) is 0 Å². The summed E-state index contributed by atoms with van der Waals surface area (Å²) in [5.41, 5.74) is 2.89. The largest absolute Gasteiger partial charge is 0.350 e. The number of para-hydroxylation sites is 1. The fraction of sp³-hybridized carbons (Fsp3) is 0.167. The van der Waals surface area contributed by atoms with Gasteiger partial charge < -0.3 is 9.88 Å². The first-order chi connectivity index (χ1) is 10.2. The van der Waals surface area contributed by atoms with E-state index in [9.17, 15) is 4.79 Å². The number of rotatable bonds is 3. The van der Waals surface area contributed by atoms with Crippen LogP contribution in [0.25, 0.3) is 10.9 Å². The molecule has 0 unspecified atom stereocenters. The van der Waals surface area contributed by atoms with Crippen molar-refractivity contribution in [2.75, 3.05) is 0 Å². The zero-order valence-electron chi connectivity index (χ0n) is 12.2. The lowest BCUT2D eigenvalue weighted by Gasteiger charge is -2.13. The minimum atomic E-state index is -0.0387. The number of hydrogen-bond donors (Lipinski definition) is 1. The summed E-state index contributed by atoms with van der Waals surface area (Å²) in [7, 11) is 1.96. The Bertz CT molecular complexity index is 774. The molecule has 0 spiro atoms. The van der Waals surface area contributed by atoms with Gasteiger partial charge in [0.05, 0.1) is 11.6 Å². The maximum absolute atomic E-state index is 12.5. The van der Waals surface area contributed by atoms with E-state index in [4.69, 9.17) is 0 Å². The first-order valence-electron chi connectivity index (χ1n) is 7.06. The molecule has 106 valence electrons. The van der Waals surface area contributed by atoms with Gasteiger partial charge in [0, 0.05) is 24.1 Å². The molecular weight excluding hydrogens is 260 g/mol. The molecule has 1 N–H and O–H groups in total. The Balaban J connectivity index is 1.88. The van der Waals surface area contributed by atoms with E-state index >= 15 is 0 Å². The van der Waals surface area contributed by atoms with Gasteiger partial charge in [0.25, 0.3) is 5.91 Å². The fourth-order valence-corrected chi connectivity index (χ4v) is 2.62. The van der Waals surface area contributed by atoms with E-state index in [1.807, 2.05) is 79.3 Å². The highest BCUT2D eigenvalue weighted by atomic mass is 16.1. The number of carbonyl (C=O) groups excluding carboxylic acids is 1. The van der Waals surface area contributed by atoms with Crippen LogP contribution in [0, 0.1) is 0 Å². The third kappa shape index (κ3) is 2.55. The number of benzene rings is 2. The number of aryl methyl sites for hydroxylation is 1. The Morgan fingerprint density at radius 1 is 1.05 bits per heavy atom. The first kappa shape index (κ1) is 13.4. The Morgan fingerprint density at radius 2 is 1.71 bits per heavy atom. The van der Waals surface area contributed by atoms with Crippen molar-refractivity contribution < 1.29 is 4.79 Å². The molecular formula is C18H18N2O. The van der Waals surface area contributed by atoms with Gasteiger partial charge in [0.15, 0.2) is 0 Å². The second-order valence-electron chi connectivity index (χ2n) is 5.28. The molecule has 1 heterocycles. The highest BCUT2D eigenvalue weighted by Gasteiger charge is 2.16. The standard InChI is InChI=1S/C18H18N2O/c1-13(14-8-4-3-5-9-14)19-18(21)16-12-20(2)17-11-7-6-10-15(16)17/h3-13H,1-2H3,(H,19,21)/t13-/m1/s1. The van der Waals surface area contributed by atoms with Crippen LogP contribution in [-0.4, -0.2) is 10.5 Å². The van der Waals surface area contributed by atoms with E-state index in [1.165, 1.54) is 0 Å². The Hall–Kier alpha value is -2.55. The zero-order valence-corrected chi connectivity index (χ0v) is 12.2. The van der Waals surface area contributed by atoms with Gasteiger partial charge >= 0.3 is 0 Å². The van der Waals surface area contributed by atoms with Crippen LogP contribution in [0.2, 0.25) is 0 Å². The van der Waals surface area contributed by atoms with Crippen molar-refractivity contribution in [3.05, 3.63) is 71.9 Å². The summed E-state index contributed by atoms with van der Waals surface area (Å²) in [6, 6.07) is 17.9. The van der Waals surface area contributed by atoms with Crippen molar-refractivity contribution in [3.63, 3.8) is 0 Å². The molecule has 0 bridgehead atoms. The zero-order chi connectivity index (χ0) is 14.8. The maximum Gasteiger partial charge on any atom is 0.253 e. The summed E-state index contributed by atoms with van der Waals surface area (Å²) in [4.78, 5) is 12.5. The Kier molecular flexibility index (Phi) is 3.48. The van der Waals surface area contributed by atoms with E-state index in [-0.39, 0.29) is 11.9 Å². The predicted octanol–water partition coefficient (Wildman–Crippen LogP) is 3.67. The average molecular weight is 278 g/mol. The highest BCUT2D eigenvalue weighted by Crippen LogP contribution is 2.21. The van der Waals surface area contributed by atoms with Crippen LogP contribution in [0.5, 0.6) is 0 Å². The number of nitrogens with zero attached hydrogens (tertiary/aromatic N) is 1. The molecule has 0 radical (unpaired) electrons. The summed E-state index contributed by atoms with van der Waals surface area (Å²) in [6.07, 6.45) is 1.89. The van der Waals surface area contributed by atoms with E-state index in [0.29, 0.717) is 0 Å². The van der Waals surface area contributed by atoms with Crippen molar-refractivity contribution in [1.82, 2.24) is 9.88 Å². The summed E-state index contributed by atoms with van der Waals surface area (Å²) >= 11 is 0. The van der Waals surface area contributed by atoms with E-state index < -0.39 is 0 Å². The second-order valence-corrected chi connectivity index (χ2v) is 5.28. The van der Waals surface area contributed by atoms with Crippen LogP contribution in [0.1, 0.15) is 28.9 Å². The maximum atomic E-state index is 12.5. The van der Waals surface area contributed by atoms with Gasteiger partial charge in [-0.25, -0.2) is 0 Å². The molecule has 21 heavy (non-hydrogen) atoms. The molecule has 1 aromatic heterocycles. The molecule has 1 atom stereocenters. The normalized spacial score (nSPS) is 12.3. The van der Waals surface area contributed by atoms with Crippen LogP contribution in [0.15, 0.2) is 60.8 Å². The third-order valence-electron chi connectivity index (χ3n) is 3.79. The topological polar surface area (TPSA) is 34.0 Å². The van der Waals surface area contributed by atoms with Crippen molar-refractivity contribution >= 4 is 16.8 Å². The van der Waals surface area contributed by atoms with E-state index in [2.05, 4.69) is 5.32 Å². The van der Waals surface area contributed by atoms with Crippen LogP contribution >= 0.6 is 0 Å². The quantitative estimate of drug-likeness (QED) is 0.779. The minimum absolute atomic E-state index is 0.0160. The molecule has 0 aliphatic carbocycles. The van der Waals surface area contributed by atoms with Gasteiger partial charge in [-0.05, 0) is 18.6 Å². The summed E-state index contributed by atoms with van der Waals surface area (Å²) in [5, 5.41) is 4.05. The van der Waals surface area contributed by atoms with Crippen molar-refractivity contribution in [1.29, 1.82) is 0 Å². The minimum Gasteiger partial charge on any atom is -0.350 e. The second kappa shape index (κ2) is 5.44. The lowest BCUT2D eigenvalue weighted by atomic mass is 10.1. The number of nitrogens with one attached hydrogen (secondary N) is 1. The van der Waals surface area contributed by atoms with Gasteiger partial charge in [-0.2, -0.15) is 0 Å². The van der Waals surface area contributed by atoms with Gasteiger partial charge in [-0.15, -0.1) is 0 Å². The van der Waals surface area contributed by atoms with Gasteiger partial charge in [-0.1, -0.05) is 48.5 Å². The number of fused-ring (bicyclic) bond motifs is 1. The van der Waals surface area contributed by atoms with Crippen LogP contribution < -0.4 is 5.32 Å². The summed E-state index contributed by atoms with van der Waals surface area (Å²) in [6.45, 7) is 2.00. The van der Waals surface area contributed by atoms with Crippen molar-refractivity contribution in [3.8, 4) is 0 Å². The molecule has 2 aromatic carbocycles. The molecule has 3 aromatic rings. The molecule has 0 aliphatic rings. The van der Waals surface area contributed by atoms with E-state index in [1.54, 1.807) is 0 Å². The third-order valence-corrected chi connectivity index (χ3v) is 3.79. The lowest BCUT2D eigenvalue weighted by Crippen LogP contribution is -2.26. The van der Waals surface area contributed by atoms with E-state index in [0.717, 1.165) is 22.0 Å². The smallest absolute Gasteiger partial charge is 0.253 e. The number of carbonyl (C=O) groups is 1. The summed E-state index contributed by atoms with van der Waals surface area (Å²) < 4.78 is 1.98. The van der Waals surface area contributed by atoms with Crippen molar-refractivity contribution in [2.45, 2.75) is 13.0 Å². The monoisotopic (exact) mass is 278 g/mol. The Morgan fingerprint density at radius 3 is 2.48 bits per heavy atom. The van der Waals surface area contributed by atoms with Gasteiger partial charge in [-0.3, -0.25) is 4.79 Å². The van der Waals surface area contributed by atoms with Crippen LogP contribution in [-0.2, 0) is 7.05 Å². The Labute approximate surface area is 124 Å². The highest BCUT2D eigenvalue weighted by molar-refractivity contribution is 6.07. The van der Waals surface area contributed by atoms with Crippen LogP contribution in [0.3, 0.4) is 0 Å². The number of hydrogen-bond acceptors (Lipinski definition) is 1. The number of aromatic nitrogens is 1. The molecule has 3 heteroatoms. The van der Waals surface area contributed by atoms with Gasteiger partial charge in [0.1, 0.15) is 0 Å². The average Bonchev–Trinajstić information content (AvgIpc) is 2.86. The van der Waals surface area contributed by atoms with Crippen molar-refractivity contribution in [2.24, 2.45) is 7.05 Å². The molecule has 0 saturated heterocycles. The predicted molar refractivity (Wildman–Crippen MR) is 85.2 cm³/mol. The number of amides is 1.